The number of hydrogen-bond acceptors (Lipinski definition) is 1. The van der Waals surface area contributed by atoms with Crippen molar-refractivity contribution in [1.82, 2.24) is 9.55 Å². The quantitative estimate of drug-likeness (QED) is 0.353. The average molecular weight is 410 g/mol. The molecule has 2 nitrogen and oxygen atoms in total. The predicted octanol–water partition coefficient (Wildman–Crippen LogP) is 4.66. The number of halogens is 3. The maximum Gasteiger partial charge on any atom is 0.185 e. The Morgan fingerprint density at radius 3 is 1.79 bits per heavy atom. The van der Waals surface area contributed by atoms with Crippen molar-refractivity contribution in [2.24, 2.45) is 0 Å². The zero-order valence-electron chi connectivity index (χ0n) is 15.9. The Hall–Kier alpha value is -2.91. The van der Waals surface area contributed by atoms with Gasteiger partial charge in [0.15, 0.2) is 11.6 Å². The zero-order chi connectivity index (χ0) is 20.5. The Kier molecular flexibility index (Phi) is 5.25. The fourth-order valence-electron chi connectivity index (χ4n) is 3.14. The third-order valence-corrected chi connectivity index (χ3v) is 7.03. The molecule has 6 heteroatoms. The SMILES string of the molecule is Cc1ccc(P(c2ccc(C)cc2)c2nccn2-c2c(F)ccc(F)c2F)cc1. The monoisotopic (exact) mass is 410 g/mol. The van der Waals surface area contributed by atoms with Gasteiger partial charge >= 0.3 is 0 Å². The second kappa shape index (κ2) is 7.84. The summed E-state index contributed by atoms with van der Waals surface area (Å²) in [5.74, 6) is -3.17. The fourth-order valence-corrected chi connectivity index (χ4v) is 5.36. The smallest absolute Gasteiger partial charge is 0.185 e. The zero-order valence-corrected chi connectivity index (χ0v) is 16.8. The van der Waals surface area contributed by atoms with Crippen molar-refractivity contribution in [2.75, 3.05) is 0 Å². The van der Waals surface area contributed by atoms with Gasteiger partial charge < -0.3 is 0 Å². The van der Waals surface area contributed by atoms with E-state index in [4.69, 9.17) is 0 Å². The van der Waals surface area contributed by atoms with E-state index in [1.807, 2.05) is 62.4 Å². The van der Waals surface area contributed by atoms with Gasteiger partial charge in [0.1, 0.15) is 17.1 Å². The minimum absolute atomic E-state index is 0.454. The van der Waals surface area contributed by atoms with Crippen molar-refractivity contribution in [2.45, 2.75) is 13.8 Å². The molecular weight excluding hydrogens is 392 g/mol. The van der Waals surface area contributed by atoms with Crippen LogP contribution in [0, 0.1) is 31.3 Å². The molecule has 0 fully saturated rings. The number of rotatable bonds is 4. The normalized spacial score (nSPS) is 11.2. The summed E-state index contributed by atoms with van der Waals surface area (Å²) in [5.41, 5.74) is 2.23. The van der Waals surface area contributed by atoms with Crippen molar-refractivity contribution < 1.29 is 13.2 Å². The molecule has 1 heterocycles. The first kappa shape index (κ1) is 19.4. The summed E-state index contributed by atoms with van der Waals surface area (Å²) in [6.45, 7) is 3.99. The Bertz CT molecular complexity index is 1110. The summed E-state index contributed by atoms with van der Waals surface area (Å²) in [7, 11) is -1.22. The number of aryl methyl sites for hydroxylation is 2. The van der Waals surface area contributed by atoms with Gasteiger partial charge in [0.25, 0.3) is 0 Å². The van der Waals surface area contributed by atoms with Gasteiger partial charge in [0.2, 0.25) is 0 Å². The Balaban J connectivity index is 1.94. The van der Waals surface area contributed by atoms with E-state index >= 15 is 0 Å². The largest absolute Gasteiger partial charge is 0.294 e. The highest BCUT2D eigenvalue weighted by molar-refractivity contribution is 7.79. The molecule has 0 spiro atoms. The lowest BCUT2D eigenvalue weighted by Gasteiger charge is -2.20. The first-order chi connectivity index (χ1) is 14.0. The molecule has 0 amide bonds. The van der Waals surface area contributed by atoms with Gasteiger partial charge in [0.05, 0.1) is 0 Å². The highest BCUT2D eigenvalue weighted by atomic mass is 31.1. The van der Waals surface area contributed by atoms with Gasteiger partial charge in [-0.15, -0.1) is 0 Å². The molecule has 0 bridgehead atoms. The summed E-state index contributed by atoms with van der Waals surface area (Å²) in [6, 6.07) is 17.7. The van der Waals surface area contributed by atoms with E-state index in [0.29, 0.717) is 5.57 Å². The Morgan fingerprint density at radius 2 is 1.24 bits per heavy atom. The second-order valence-corrected chi connectivity index (χ2v) is 8.90. The van der Waals surface area contributed by atoms with Crippen LogP contribution in [0.2, 0.25) is 0 Å². The highest BCUT2D eigenvalue weighted by Gasteiger charge is 2.25. The first-order valence-electron chi connectivity index (χ1n) is 9.06. The van der Waals surface area contributed by atoms with Gasteiger partial charge in [0, 0.05) is 20.3 Å². The van der Waals surface area contributed by atoms with Crippen LogP contribution in [0.3, 0.4) is 0 Å². The van der Waals surface area contributed by atoms with Crippen LogP contribution in [0.4, 0.5) is 13.2 Å². The lowest BCUT2D eigenvalue weighted by Crippen LogP contribution is -2.28. The van der Waals surface area contributed by atoms with Crippen molar-refractivity contribution in [3.63, 3.8) is 0 Å². The molecule has 4 rings (SSSR count). The average Bonchev–Trinajstić information content (AvgIpc) is 3.17. The van der Waals surface area contributed by atoms with Gasteiger partial charge in [-0.3, -0.25) is 4.57 Å². The van der Waals surface area contributed by atoms with E-state index in [9.17, 15) is 13.2 Å². The molecule has 0 saturated heterocycles. The molecular formula is C23H18F3N2P. The molecule has 0 aliphatic heterocycles. The second-order valence-electron chi connectivity index (χ2n) is 6.80. The summed E-state index contributed by atoms with van der Waals surface area (Å²) < 4.78 is 44.2. The van der Waals surface area contributed by atoms with Gasteiger partial charge in [-0.1, -0.05) is 59.7 Å². The van der Waals surface area contributed by atoms with E-state index in [-0.39, 0.29) is 0 Å². The van der Waals surface area contributed by atoms with Gasteiger partial charge in [-0.2, -0.15) is 0 Å². The summed E-state index contributed by atoms with van der Waals surface area (Å²) >= 11 is 0. The van der Waals surface area contributed by atoms with E-state index in [0.717, 1.165) is 33.9 Å². The molecule has 0 radical (unpaired) electrons. The highest BCUT2D eigenvalue weighted by Crippen LogP contribution is 2.34. The topological polar surface area (TPSA) is 17.8 Å². The summed E-state index contributed by atoms with van der Waals surface area (Å²) in [5, 5.41) is 1.97. The van der Waals surface area contributed by atoms with Gasteiger partial charge in [-0.05, 0) is 36.6 Å². The maximum absolute atomic E-state index is 14.5. The molecule has 0 unspecified atom stereocenters. The third-order valence-electron chi connectivity index (χ3n) is 4.67. The van der Waals surface area contributed by atoms with Crippen molar-refractivity contribution in [3.05, 3.63) is 102 Å². The molecule has 29 heavy (non-hydrogen) atoms. The fraction of sp³-hybridized carbons (Fsp3) is 0.0870. The Labute approximate surface area is 168 Å². The molecule has 3 aromatic carbocycles. The lowest BCUT2D eigenvalue weighted by atomic mass is 10.2. The summed E-state index contributed by atoms with van der Waals surface area (Å²) in [6.07, 6.45) is 2.95. The maximum atomic E-state index is 14.5. The van der Waals surface area contributed by atoms with E-state index in [1.54, 1.807) is 0 Å². The molecule has 0 aliphatic rings. The molecule has 1 aromatic heterocycles. The van der Waals surface area contributed by atoms with Crippen LogP contribution in [0.5, 0.6) is 0 Å². The molecule has 0 atom stereocenters. The predicted molar refractivity (Wildman–Crippen MR) is 112 cm³/mol. The van der Waals surface area contributed by atoms with Crippen molar-refractivity contribution >= 4 is 24.1 Å². The molecule has 0 N–H and O–H groups in total. The van der Waals surface area contributed by atoms with Crippen LogP contribution >= 0.6 is 7.92 Å². The number of benzene rings is 3. The molecule has 0 saturated carbocycles. The third kappa shape index (κ3) is 3.70. The molecule has 4 aromatic rings. The minimum Gasteiger partial charge on any atom is -0.294 e. The van der Waals surface area contributed by atoms with Crippen molar-refractivity contribution in [3.8, 4) is 5.69 Å². The first-order valence-corrected chi connectivity index (χ1v) is 10.4. The van der Waals surface area contributed by atoms with Crippen LogP contribution in [0.25, 0.3) is 5.69 Å². The molecule has 0 aliphatic carbocycles. The van der Waals surface area contributed by atoms with Crippen LogP contribution < -0.4 is 16.2 Å². The Morgan fingerprint density at radius 1 is 0.724 bits per heavy atom. The van der Waals surface area contributed by atoms with E-state index < -0.39 is 31.1 Å². The van der Waals surface area contributed by atoms with E-state index in [1.165, 1.54) is 17.0 Å². The minimum atomic E-state index is -1.23. The van der Waals surface area contributed by atoms with Crippen LogP contribution in [0.1, 0.15) is 11.1 Å². The van der Waals surface area contributed by atoms with Crippen LogP contribution in [-0.2, 0) is 0 Å². The number of nitrogens with zero attached hydrogens (tertiary/aromatic N) is 2. The van der Waals surface area contributed by atoms with Crippen LogP contribution in [0.15, 0.2) is 73.1 Å². The van der Waals surface area contributed by atoms with E-state index in [2.05, 4.69) is 4.98 Å². The lowest BCUT2D eigenvalue weighted by molar-refractivity contribution is 0.489. The van der Waals surface area contributed by atoms with Crippen LogP contribution in [-0.4, -0.2) is 9.55 Å². The standard InChI is InChI=1S/C23H18F3N2P/c1-15-3-7-17(8-4-15)29(18-9-5-16(2)6-10-18)23-27-13-14-28(23)22-20(25)12-11-19(24)21(22)26/h3-14H,1-2H3. The summed E-state index contributed by atoms with van der Waals surface area (Å²) in [4.78, 5) is 4.44. The van der Waals surface area contributed by atoms with Gasteiger partial charge in [-0.25, -0.2) is 18.2 Å². The number of hydrogen-bond donors (Lipinski definition) is 0. The molecule has 146 valence electrons. The van der Waals surface area contributed by atoms with Crippen molar-refractivity contribution in [1.29, 1.82) is 0 Å². The number of imidazole rings is 1. The number of aromatic nitrogens is 2.